The van der Waals surface area contributed by atoms with Gasteiger partial charge in [-0.05, 0) is 12.8 Å². The van der Waals surface area contributed by atoms with E-state index in [-0.39, 0.29) is 5.54 Å². The van der Waals surface area contributed by atoms with Gasteiger partial charge in [0.05, 0.1) is 0 Å². The predicted octanol–water partition coefficient (Wildman–Crippen LogP) is 1.93. The van der Waals surface area contributed by atoms with Gasteiger partial charge in [-0.2, -0.15) is 0 Å². The molecule has 0 unspecified atom stereocenters. The van der Waals surface area contributed by atoms with Crippen molar-refractivity contribution >= 4 is 8.24 Å². The smallest absolute Gasteiger partial charge is 0.116 e. The van der Waals surface area contributed by atoms with Gasteiger partial charge < -0.3 is 10.7 Å². The first-order valence-electron chi connectivity index (χ1n) is 4.87. The summed E-state index contributed by atoms with van der Waals surface area (Å²) in [4.78, 5) is 3.58. The summed E-state index contributed by atoms with van der Waals surface area (Å²) in [6.07, 6.45) is 2.11. The van der Waals surface area contributed by atoms with Gasteiger partial charge in [-0.1, -0.05) is 33.5 Å². The molecule has 0 aromatic rings. The maximum Gasteiger partial charge on any atom is 0.116 e. The molecule has 3 heteroatoms. The van der Waals surface area contributed by atoms with Crippen molar-refractivity contribution in [2.45, 2.75) is 51.9 Å². The highest BCUT2D eigenvalue weighted by Crippen LogP contribution is 2.10. The third-order valence-corrected chi connectivity index (χ3v) is 3.62. The SMILES string of the molecule is CCC(N)(CC)CN[Si](C)(C)C. The molecule has 0 radical (unpaired) electrons. The summed E-state index contributed by atoms with van der Waals surface area (Å²) in [6.45, 7) is 12.2. The van der Waals surface area contributed by atoms with Crippen molar-refractivity contribution in [3.63, 3.8) is 0 Å². The molecule has 0 spiro atoms. The van der Waals surface area contributed by atoms with Crippen LogP contribution in [0.2, 0.25) is 19.6 Å². The predicted molar refractivity (Wildman–Crippen MR) is 58.8 cm³/mol. The van der Waals surface area contributed by atoms with Crippen LogP contribution in [0.25, 0.3) is 0 Å². The molecule has 74 valence electrons. The maximum atomic E-state index is 6.16. The third kappa shape index (κ3) is 4.90. The summed E-state index contributed by atoms with van der Waals surface area (Å²) in [6, 6.07) is 0. The summed E-state index contributed by atoms with van der Waals surface area (Å²) in [7, 11) is -1.13. The number of hydrogen-bond acceptors (Lipinski definition) is 2. The molecule has 2 nitrogen and oxygen atoms in total. The highest BCUT2D eigenvalue weighted by Gasteiger charge is 2.23. The van der Waals surface area contributed by atoms with E-state index in [1.807, 2.05) is 0 Å². The number of nitrogens with two attached hydrogens (primary N) is 1. The molecule has 0 atom stereocenters. The zero-order chi connectivity index (χ0) is 9.83. The zero-order valence-corrected chi connectivity index (χ0v) is 10.2. The van der Waals surface area contributed by atoms with E-state index in [4.69, 9.17) is 5.73 Å². The monoisotopic (exact) mass is 188 g/mol. The minimum absolute atomic E-state index is 0.0142. The molecule has 0 fully saturated rings. The van der Waals surface area contributed by atoms with Crippen LogP contribution >= 0.6 is 0 Å². The highest BCUT2D eigenvalue weighted by atomic mass is 28.3. The maximum absolute atomic E-state index is 6.16. The van der Waals surface area contributed by atoms with Crippen LogP contribution in [0.4, 0.5) is 0 Å². The number of nitrogens with one attached hydrogen (secondary N) is 1. The van der Waals surface area contributed by atoms with Crippen LogP contribution in [0.5, 0.6) is 0 Å². The molecule has 0 bridgehead atoms. The quantitative estimate of drug-likeness (QED) is 0.647. The van der Waals surface area contributed by atoms with Crippen LogP contribution in [0.3, 0.4) is 0 Å². The number of rotatable bonds is 5. The summed E-state index contributed by atoms with van der Waals surface area (Å²) in [5, 5.41) is 0. The molecule has 0 heterocycles. The Labute approximate surface area is 78.0 Å². The zero-order valence-electron chi connectivity index (χ0n) is 9.20. The van der Waals surface area contributed by atoms with Crippen molar-refractivity contribution in [2.24, 2.45) is 5.73 Å². The fourth-order valence-corrected chi connectivity index (χ4v) is 1.82. The normalized spacial score (nSPS) is 13.5. The van der Waals surface area contributed by atoms with Gasteiger partial charge in [0.1, 0.15) is 8.24 Å². The van der Waals surface area contributed by atoms with E-state index < -0.39 is 8.24 Å². The van der Waals surface area contributed by atoms with E-state index in [0.717, 1.165) is 19.4 Å². The number of hydrogen-bond donors (Lipinski definition) is 2. The molecule has 0 saturated carbocycles. The molecule has 0 aliphatic heterocycles. The minimum atomic E-state index is -1.13. The second kappa shape index (κ2) is 4.39. The Bertz CT molecular complexity index is 125. The Hall–Kier alpha value is 0.137. The van der Waals surface area contributed by atoms with Crippen molar-refractivity contribution in [1.29, 1.82) is 0 Å². The van der Waals surface area contributed by atoms with Crippen molar-refractivity contribution < 1.29 is 0 Å². The molecule has 0 aliphatic rings. The van der Waals surface area contributed by atoms with Crippen LogP contribution in [-0.4, -0.2) is 20.3 Å². The van der Waals surface area contributed by atoms with E-state index in [0.29, 0.717) is 0 Å². The molecular formula is C9H24N2Si. The largest absolute Gasteiger partial charge is 0.336 e. The second-order valence-corrected chi connectivity index (χ2v) is 9.53. The first-order chi connectivity index (χ1) is 5.33. The average Bonchev–Trinajstić information content (AvgIpc) is 1.99. The molecular weight excluding hydrogens is 164 g/mol. The van der Waals surface area contributed by atoms with Crippen LogP contribution in [0.1, 0.15) is 26.7 Å². The van der Waals surface area contributed by atoms with E-state index in [1.54, 1.807) is 0 Å². The van der Waals surface area contributed by atoms with Gasteiger partial charge in [0.2, 0.25) is 0 Å². The van der Waals surface area contributed by atoms with E-state index in [9.17, 15) is 0 Å². The van der Waals surface area contributed by atoms with Gasteiger partial charge in [0, 0.05) is 12.1 Å². The van der Waals surface area contributed by atoms with E-state index in [2.05, 4.69) is 38.5 Å². The molecule has 0 amide bonds. The summed E-state index contributed by atoms with van der Waals surface area (Å²) in [5.74, 6) is 0. The standard InChI is InChI=1S/C9H24N2Si/c1-6-9(10,7-2)8-11-12(3,4)5/h11H,6-8,10H2,1-5H3. The molecule has 0 aromatic heterocycles. The first-order valence-corrected chi connectivity index (χ1v) is 8.37. The lowest BCUT2D eigenvalue weighted by atomic mass is 9.95. The fraction of sp³-hybridized carbons (Fsp3) is 1.00. The lowest BCUT2D eigenvalue weighted by Gasteiger charge is -2.31. The van der Waals surface area contributed by atoms with E-state index >= 15 is 0 Å². The van der Waals surface area contributed by atoms with Crippen LogP contribution in [0.15, 0.2) is 0 Å². The molecule has 0 aliphatic carbocycles. The van der Waals surface area contributed by atoms with Crippen LogP contribution in [0, 0.1) is 0 Å². The fourth-order valence-electron chi connectivity index (χ4n) is 0.941. The van der Waals surface area contributed by atoms with Gasteiger partial charge in [0.15, 0.2) is 0 Å². The third-order valence-electron chi connectivity index (χ3n) is 2.38. The van der Waals surface area contributed by atoms with Crippen LogP contribution < -0.4 is 10.7 Å². The van der Waals surface area contributed by atoms with Gasteiger partial charge in [-0.15, -0.1) is 0 Å². The summed E-state index contributed by atoms with van der Waals surface area (Å²) >= 11 is 0. The van der Waals surface area contributed by atoms with Gasteiger partial charge >= 0.3 is 0 Å². The Morgan fingerprint density at radius 2 is 1.58 bits per heavy atom. The Morgan fingerprint density at radius 3 is 1.83 bits per heavy atom. The Morgan fingerprint density at radius 1 is 1.17 bits per heavy atom. The van der Waals surface area contributed by atoms with Gasteiger partial charge in [-0.3, -0.25) is 0 Å². The van der Waals surface area contributed by atoms with E-state index in [1.165, 1.54) is 0 Å². The van der Waals surface area contributed by atoms with Crippen molar-refractivity contribution in [1.82, 2.24) is 4.98 Å². The topological polar surface area (TPSA) is 38.0 Å². The second-order valence-electron chi connectivity index (χ2n) is 4.67. The minimum Gasteiger partial charge on any atom is -0.336 e. The Kier molecular flexibility index (Phi) is 4.44. The molecule has 0 aromatic carbocycles. The lowest BCUT2D eigenvalue weighted by Crippen LogP contribution is -2.54. The van der Waals surface area contributed by atoms with Gasteiger partial charge in [0.25, 0.3) is 0 Å². The summed E-state index contributed by atoms with van der Waals surface area (Å²) in [5.41, 5.74) is 6.18. The van der Waals surface area contributed by atoms with Crippen molar-refractivity contribution in [2.75, 3.05) is 6.54 Å². The van der Waals surface area contributed by atoms with Crippen molar-refractivity contribution in [3.05, 3.63) is 0 Å². The molecule has 0 saturated heterocycles. The Balaban J connectivity index is 3.89. The first kappa shape index (κ1) is 12.1. The summed E-state index contributed by atoms with van der Waals surface area (Å²) < 4.78 is 0. The average molecular weight is 188 g/mol. The van der Waals surface area contributed by atoms with Crippen LogP contribution in [-0.2, 0) is 0 Å². The van der Waals surface area contributed by atoms with Crippen molar-refractivity contribution in [3.8, 4) is 0 Å². The molecule has 3 N–H and O–H groups in total. The highest BCUT2D eigenvalue weighted by molar-refractivity contribution is 6.73. The molecule has 12 heavy (non-hydrogen) atoms. The van der Waals surface area contributed by atoms with Gasteiger partial charge in [-0.25, -0.2) is 0 Å². The lowest BCUT2D eigenvalue weighted by molar-refractivity contribution is 0.392. The molecule has 0 rings (SSSR count).